The van der Waals surface area contributed by atoms with E-state index in [0.29, 0.717) is 18.4 Å². The highest BCUT2D eigenvalue weighted by Gasteiger charge is 2.37. The average molecular weight is 313 g/mol. The lowest BCUT2D eigenvalue weighted by molar-refractivity contribution is 0.0696. The van der Waals surface area contributed by atoms with Gasteiger partial charge in [0.05, 0.1) is 22.6 Å². The summed E-state index contributed by atoms with van der Waals surface area (Å²) in [5.74, 6) is -1.16. The standard InChI is InChI=1S/C14H19NO5S/c1-10-4-5-11(8-12(10)13(17)18)21(19,20)15-14(9-16)6-2-3-7-14/h4-5,8,15-16H,2-3,6-7,9H2,1H3,(H,17,18). The van der Waals surface area contributed by atoms with Crippen molar-refractivity contribution in [2.75, 3.05) is 6.61 Å². The van der Waals surface area contributed by atoms with Crippen molar-refractivity contribution in [1.82, 2.24) is 4.72 Å². The van der Waals surface area contributed by atoms with E-state index in [-0.39, 0.29) is 17.1 Å². The number of benzene rings is 1. The maximum atomic E-state index is 12.4. The second kappa shape index (κ2) is 5.75. The molecule has 0 unspecified atom stereocenters. The molecule has 2 rings (SSSR count). The molecule has 1 aliphatic carbocycles. The molecule has 3 N–H and O–H groups in total. The van der Waals surface area contributed by atoms with Gasteiger partial charge in [-0.15, -0.1) is 0 Å². The van der Waals surface area contributed by atoms with Crippen LogP contribution in [0.25, 0.3) is 0 Å². The fourth-order valence-corrected chi connectivity index (χ4v) is 4.16. The first-order valence-corrected chi connectivity index (χ1v) is 8.27. The number of hydrogen-bond acceptors (Lipinski definition) is 4. The van der Waals surface area contributed by atoms with E-state index >= 15 is 0 Å². The van der Waals surface area contributed by atoms with Gasteiger partial charge in [0.25, 0.3) is 0 Å². The minimum Gasteiger partial charge on any atom is -0.478 e. The Morgan fingerprint density at radius 2 is 1.95 bits per heavy atom. The Labute approximate surface area is 123 Å². The summed E-state index contributed by atoms with van der Waals surface area (Å²) in [5, 5.41) is 18.6. The quantitative estimate of drug-likeness (QED) is 0.759. The molecule has 0 radical (unpaired) electrons. The molecule has 1 aromatic carbocycles. The number of carbonyl (C=O) groups is 1. The smallest absolute Gasteiger partial charge is 0.335 e. The Kier molecular flexibility index (Phi) is 4.36. The van der Waals surface area contributed by atoms with Crippen molar-refractivity contribution in [3.8, 4) is 0 Å². The lowest BCUT2D eigenvalue weighted by atomic mass is 10.0. The molecule has 0 bridgehead atoms. The number of aromatic carboxylic acids is 1. The molecule has 0 spiro atoms. The molecular formula is C14H19NO5S. The van der Waals surface area contributed by atoms with Crippen LogP contribution in [0.15, 0.2) is 23.1 Å². The summed E-state index contributed by atoms with van der Waals surface area (Å²) in [6.45, 7) is 1.35. The summed E-state index contributed by atoms with van der Waals surface area (Å²) in [7, 11) is -3.86. The fraction of sp³-hybridized carbons (Fsp3) is 0.500. The van der Waals surface area contributed by atoms with E-state index in [0.717, 1.165) is 18.9 Å². The molecule has 21 heavy (non-hydrogen) atoms. The number of aliphatic hydroxyl groups excluding tert-OH is 1. The van der Waals surface area contributed by atoms with Crippen LogP contribution < -0.4 is 4.72 Å². The third kappa shape index (κ3) is 3.25. The van der Waals surface area contributed by atoms with Gasteiger partial charge in [-0.3, -0.25) is 0 Å². The topological polar surface area (TPSA) is 104 Å². The van der Waals surface area contributed by atoms with Crippen molar-refractivity contribution in [3.05, 3.63) is 29.3 Å². The van der Waals surface area contributed by atoms with Crippen LogP contribution in [-0.4, -0.2) is 36.7 Å². The number of sulfonamides is 1. The predicted octanol–water partition coefficient (Wildman–Crippen LogP) is 1.28. The van der Waals surface area contributed by atoms with Crippen molar-refractivity contribution in [2.45, 2.75) is 43.0 Å². The summed E-state index contributed by atoms with van der Waals surface area (Å²) in [4.78, 5) is 11.0. The first-order valence-electron chi connectivity index (χ1n) is 6.78. The first kappa shape index (κ1) is 15.9. The van der Waals surface area contributed by atoms with E-state index in [1.807, 2.05) is 0 Å². The number of rotatable bonds is 5. The molecule has 7 heteroatoms. The summed E-state index contributed by atoms with van der Waals surface area (Å²) < 4.78 is 27.4. The fourth-order valence-electron chi connectivity index (χ4n) is 2.69. The summed E-state index contributed by atoms with van der Waals surface area (Å²) >= 11 is 0. The van der Waals surface area contributed by atoms with Crippen molar-refractivity contribution < 1.29 is 23.4 Å². The van der Waals surface area contributed by atoms with Gasteiger partial charge < -0.3 is 10.2 Å². The highest BCUT2D eigenvalue weighted by atomic mass is 32.2. The Hall–Kier alpha value is -1.44. The predicted molar refractivity (Wildman–Crippen MR) is 76.7 cm³/mol. The molecule has 0 aliphatic heterocycles. The number of hydrogen-bond donors (Lipinski definition) is 3. The van der Waals surface area contributed by atoms with Crippen molar-refractivity contribution in [1.29, 1.82) is 0 Å². The van der Waals surface area contributed by atoms with Gasteiger partial charge in [-0.05, 0) is 37.5 Å². The van der Waals surface area contributed by atoms with E-state index in [9.17, 15) is 18.3 Å². The number of carboxylic acid groups (broad SMARTS) is 1. The van der Waals surface area contributed by atoms with Crippen LogP contribution >= 0.6 is 0 Å². The summed E-state index contributed by atoms with van der Waals surface area (Å²) in [6.07, 6.45) is 2.88. The molecule has 1 aromatic rings. The van der Waals surface area contributed by atoms with Crippen molar-refractivity contribution in [2.24, 2.45) is 0 Å². The molecule has 0 heterocycles. The average Bonchev–Trinajstić information content (AvgIpc) is 2.87. The summed E-state index contributed by atoms with van der Waals surface area (Å²) in [6, 6.07) is 4.00. The van der Waals surface area contributed by atoms with Crippen LogP contribution in [0.2, 0.25) is 0 Å². The van der Waals surface area contributed by atoms with Gasteiger partial charge in [-0.25, -0.2) is 17.9 Å². The molecule has 0 aromatic heterocycles. The van der Waals surface area contributed by atoms with Gasteiger partial charge in [0.15, 0.2) is 0 Å². The largest absolute Gasteiger partial charge is 0.478 e. The van der Waals surface area contributed by atoms with Gasteiger partial charge in [-0.2, -0.15) is 0 Å². The SMILES string of the molecule is Cc1ccc(S(=O)(=O)NC2(CO)CCCC2)cc1C(=O)O. The molecule has 0 atom stereocenters. The van der Waals surface area contributed by atoms with Gasteiger partial charge in [0.1, 0.15) is 0 Å². The zero-order chi connectivity index (χ0) is 15.7. The molecule has 1 aliphatic rings. The van der Waals surface area contributed by atoms with Crippen molar-refractivity contribution in [3.63, 3.8) is 0 Å². The maximum absolute atomic E-state index is 12.4. The van der Waals surface area contributed by atoms with E-state index in [4.69, 9.17) is 5.11 Å². The number of aliphatic hydroxyl groups is 1. The Bertz CT molecular complexity index is 647. The lowest BCUT2D eigenvalue weighted by Crippen LogP contribution is -2.49. The molecule has 116 valence electrons. The maximum Gasteiger partial charge on any atom is 0.335 e. The molecule has 6 nitrogen and oxygen atoms in total. The monoisotopic (exact) mass is 313 g/mol. The van der Waals surface area contributed by atoms with Crippen LogP contribution in [0.3, 0.4) is 0 Å². The van der Waals surface area contributed by atoms with E-state index < -0.39 is 21.5 Å². The first-order chi connectivity index (χ1) is 9.80. The van der Waals surface area contributed by atoms with Gasteiger partial charge in [0.2, 0.25) is 10.0 Å². The summed E-state index contributed by atoms with van der Waals surface area (Å²) in [5.41, 5.74) is -0.367. The molecule has 0 saturated heterocycles. The Morgan fingerprint density at radius 3 is 2.48 bits per heavy atom. The van der Waals surface area contributed by atoms with Gasteiger partial charge >= 0.3 is 5.97 Å². The zero-order valence-corrected chi connectivity index (χ0v) is 12.6. The van der Waals surface area contributed by atoms with Crippen LogP contribution in [-0.2, 0) is 10.0 Å². The minimum absolute atomic E-state index is 0.0395. The van der Waals surface area contributed by atoms with Crippen LogP contribution in [0.4, 0.5) is 0 Å². The normalized spacial score (nSPS) is 17.8. The lowest BCUT2D eigenvalue weighted by Gasteiger charge is -2.27. The highest BCUT2D eigenvalue weighted by molar-refractivity contribution is 7.89. The third-order valence-electron chi connectivity index (χ3n) is 3.96. The third-order valence-corrected chi connectivity index (χ3v) is 5.54. The molecule has 1 fully saturated rings. The highest BCUT2D eigenvalue weighted by Crippen LogP contribution is 2.31. The number of aryl methyl sites for hydroxylation is 1. The van der Waals surface area contributed by atoms with Crippen molar-refractivity contribution >= 4 is 16.0 Å². The zero-order valence-electron chi connectivity index (χ0n) is 11.8. The van der Waals surface area contributed by atoms with Gasteiger partial charge in [0, 0.05) is 0 Å². The van der Waals surface area contributed by atoms with Gasteiger partial charge in [-0.1, -0.05) is 18.9 Å². The van der Waals surface area contributed by atoms with Crippen LogP contribution in [0.1, 0.15) is 41.6 Å². The number of carboxylic acids is 1. The molecular weight excluding hydrogens is 294 g/mol. The Morgan fingerprint density at radius 1 is 1.33 bits per heavy atom. The molecule has 1 saturated carbocycles. The number of nitrogens with one attached hydrogen (secondary N) is 1. The van der Waals surface area contributed by atoms with E-state index in [2.05, 4.69) is 4.72 Å². The van der Waals surface area contributed by atoms with Crippen LogP contribution in [0, 0.1) is 6.92 Å². The van der Waals surface area contributed by atoms with E-state index in [1.54, 1.807) is 6.92 Å². The van der Waals surface area contributed by atoms with E-state index in [1.165, 1.54) is 12.1 Å². The minimum atomic E-state index is -3.86. The second-order valence-electron chi connectivity index (χ2n) is 5.53. The Balaban J connectivity index is 2.36. The molecule has 0 amide bonds. The second-order valence-corrected chi connectivity index (χ2v) is 7.22. The van der Waals surface area contributed by atoms with Crippen LogP contribution in [0.5, 0.6) is 0 Å².